The van der Waals surface area contributed by atoms with Crippen LogP contribution in [-0.4, -0.2) is 47.6 Å². The number of halogens is 1. The lowest BCUT2D eigenvalue weighted by Crippen LogP contribution is -2.65. The van der Waals surface area contributed by atoms with Gasteiger partial charge < -0.3 is 4.74 Å². The third-order valence-corrected chi connectivity index (χ3v) is 5.71. The second-order valence-corrected chi connectivity index (χ2v) is 9.17. The van der Waals surface area contributed by atoms with Crippen LogP contribution in [0.3, 0.4) is 0 Å². The number of ether oxygens (including phenoxy) is 1. The van der Waals surface area contributed by atoms with Gasteiger partial charge in [0.2, 0.25) is 10.0 Å². The third kappa shape index (κ3) is 3.79. The van der Waals surface area contributed by atoms with E-state index in [0.29, 0.717) is 5.56 Å². The van der Waals surface area contributed by atoms with Crippen molar-refractivity contribution in [1.82, 2.24) is 4.72 Å². The number of hydrogen-bond donors (Lipinski definition) is 1. The van der Waals surface area contributed by atoms with E-state index in [9.17, 15) is 21.2 Å². The fourth-order valence-corrected chi connectivity index (χ4v) is 4.95. The first-order valence-corrected chi connectivity index (χ1v) is 9.63. The number of nitrogens with one attached hydrogen (secondary N) is 1. The van der Waals surface area contributed by atoms with Crippen LogP contribution in [0, 0.1) is 12.7 Å². The van der Waals surface area contributed by atoms with Crippen molar-refractivity contribution in [1.29, 1.82) is 0 Å². The molecule has 118 valence electrons. The Morgan fingerprint density at radius 3 is 2.33 bits per heavy atom. The predicted octanol–water partition coefficient (Wildman–Crippen LogP) is 0.226. The minimum Gasteiger partial charge on any atom is -0.377 e. The van der Waals surface area contributed by atoms with Crippen molar-refractivity contribution in [3.63, 3.8) is 0 Å². The van der Waals surface area contributed by atoms with Gasteiger partial charge in [0.25, 0.3) is 0 Å². The van der Waals surface area contributed by atoms with Crippen LogP contribution in [0.15, 0.2) is 23.1 Å². The van der Waals surface area contributed by atoms with Crippen LogP contribution in [0.4, 0.5) is 4.39 Å². The van der Waals surface area contributed by atoms with E-state index in [4.69, 9.17) is 4.74 Å². The summed E-state index contributed by atoms with van der Waals surface area (Å²) in [7, 11) is -7.58. The zero-order valence-electron chi connectivity index (χ0n) is 11.6. The molecule has 1 aromatic rings. The van der Waals surface area contributed by atoms with Gasteiger partial charge in [-0.1, -0.05) is 6.07 Å². The van der Waals surface area contributed by atoms with Crippen molar-refractivity contribution < 1.29 is 26.0 Å². The van der Waals surface area contributed by atoms with Gasteiger partial charge >= 0.3 is 0 Å². The Morgan fingerprint density at radius 1 is 1.29 bits per heavy atom. The first-order chi connectivity index (χ1) is 9.53. The molecule has 1 aromatic carbocycles. The summed E-state index contributed by atoms with van der Waals surface area (Å²) in [5.74, 6) is -1.27. The smallest absolute Gasteiger partial charge is 0.244 e. The third-order valence-electron chi connectivity index (χ3n) is 3.02. The molecule has 0 aromatic heterocycles. The largest absolute Gasteiger partial charge is 0.377 e. The molecule has 1 fully saturated rings. The second kappa shape index (κ2) is 5.31. The zero-order valence-corrected chi connectivity index (χ0v) is 13.2. The summed E-state index contributed by atoms with van der Waals surface area (Å²) in [6.07, 6.45) is 1.01. The topological polar surface area (TPSA) is 89.5 Å². The van der Waals surface area contributed by atoms with Crippen molar-refractivity contribution in [2.75, 3.05) is 25.2 Å². The molecule has 1 aliphatic rings. The quantitative estimate of drug-likeness (QED) is 0.830. The summed E-state index contributed by atoms with van der Waals surface area (Å²) >= 11 is 0. The van der Waals surface area contributed by atoms with Crippen molar-refractivity contribution in [3.8, 4) is 0 Å². The number of sulfonamides is 1. The molecule has 2 rings (SSSR count). The minimum absolute atomic E-state index is 0.0627. The van der Waals surface area contributed by atoms with Crippen LogP contribution >= 0.6 is 0 Å². The summed E-state index contributed by atoms with van der Waals surface area (Å²) < 4.78 is 68.3. The molecule has 6 nitrogen and oxygen atoms in total. The lowest BCUT2D eigenvalue weighted by atomic mass is 10.0. The highest BCUT2D eigenvalue weighted by atomic mass is 32.2. The van der Waals surface area contributed by atoms with E-state index in [-0.39, 0.29) is 13.2 Å². The Balaban J connectivity index is 2.32. The maximum atomic E-state index is 13.8. The molecule has 0 atom stereocenters. The summed E-state index contributed by atoms with van der Waals surface area (Å²) in [5, 5.41) is 0. The maximum Gasteiger partial charge on any atom is 0.244 e. The van der Waals surface area contributed by atoms with Gasteiger partial charge in [0.1, 0.15) is 20.5 Å². The SMILES string of the molecule is Cc1ccc(S(=O)(=O)NC2(CS(C)(=O)=O)COC2)c(F)c1. The summed E-state index contributed by atoms with van der Waals surface area (Å²) in [6.45, 7) is 1.51. The van der Waals surface area contributed by atoms with Crippen molar-refractivity contribution in [3.05, 3.63) is 29.6 Å². The molecule has 0 unspecified atom stereocenters. The molecule has 1 saturated heterocycles. The van der Waals surface area contributed by atoms with Crippen LogP contribution in [0.1, 0.15) is 5.56 Å². The van der Waals surface area contributed by atoms with E-state index in [1.807, 2.05) is 0 Å². The number of aryl methyl sites for hydroxylation is 1. The molecule has 0 radical (unpaired) electrons. The fourth-order valence-electron chi connectivity index (χ4n) is 2.19. The van der Waals surface area contributed by atoms with Gasteiger partial charge in [0.05, 0.1) is 24.5 Å². The second-order valence-electron chi connectivity index (χ2n) is 5.38. The standard InChI is InChI=1S/C12H16FNO5S2/c1-9-3-4-11(10(13)5-9)21(17,18)14-12(6-19-7-12)8-20(2,15)16/h3-5,14H,6-8H2,1-2H3. The average molecular weight is 337 g/mol. The molecule has 0 aliphatic carbocycles. The van der Waals surface area contributed by atoms with Crippen LogP contribution in [0.2, 0.25) is 0 Å². The number of hydrogen-bond acceptors (Lipinski definition) is 5. The van der Waals surface area contributed by atoms with Gasteiger partial charge in [-0.25, -0.2) is 21.2 Å². The highest BCUT2D eigenvalue weighted by Gasteiger charge is 2.45. The number of benzene rings is 1. The Hall–Kier alpha value is -1.03. The van der Waals surface area contributed by atoms with Crippen LogP contribution in [0.5, 0.6) is 0 Å². The van der Waals surface area contributed by atoms with E-state index in [0.717, 1.165) is 18.4 Å². The van der Waals surface area contributed by atoms with Gasteiger partial charge in [0.15, 0.2) is 0 Å². The van der Waals surface area contributed by atoms with E-state index in [1.165, 1.54) is 6.07 Å². The Morgan fingerprint density at radius 2 is 1.90 bits per heavy atom. The maximum absolute atomic E-state index is 13.8. The first-order valence-electron chi connectivity index (χ1n) is 6.09. The van der Waals surface area contributed by atoms with Crippen molar-refractivity contribution in [2.24, 2.45) is 0 Å². The molecule has 0 amide bonds. The van der Waals surface area contributed by atoms with Crippen LogP contribution in [0.25, 0.3) is 0 Å². The average Bonchev–Trinajstić information content (AvgIpc) is 2.22. The van der Waals surface area contributed by atoms with E-state index >= 15 is 0 Å². The molecular weight excluding hydrogens is 321 g/mol. The highest BCUT2D eigenvalue weighted by Crippen LogP contribution is 2.24. The highest BCUT2D eigenvalue weighted by molar-refractivity contribution is 7.91. The van der Waals surface area contributed by atoms with E-state index < -0.39 is 41.9 Å². The molecule has 9 heteroatoms. The van der Waals surface area contributed by atoms with E-state index in [1.54, 1.807) is 6.92 Å². The molecular formula is C12H16FNO5S2. The number of sulfone groups is 1. The van der Waals surface area contributed by atoms with Crippen molar-refractivity contribution >= 4 is 19.9 Å². The monoisotopic (exact) mass is 337 g/mol. The van der Waals surface area contributed by atoms with Gasteiger partial charge in [-0.05, 0) is 24.6 Å². The van der Waals surface area contributed by atoms with Gasteiger partial charge in [0, 0.05) is 6.26 Å². The number of rotatable bonds is 5. The lowest BCUT2D eigenvalue weighted by Gasteiger charge is -2.40. The van der Waals surface area contributed by atoms with Crippen LogP contribution < -0.4 is 4.72 Å². The fraction of sp³-hybridized carbons (Fsp3) is 0.500. The Labute approximate surface area is 123 Å². The molecule has 1 aliphatic heterocycles. The van der Waals surface area contributed by atoms with Crippen LogP contribution in [-0.2, 0) is 24.6 Å². The Kier molecular flexibility index (Phi) is 4.13. The predicted molar refractivity (Wildman–Crippen MR) is 74.7 cm³/mol. The summed E-state index contributed by atoms with van der Waals surface area (Å²) in [6, 6.07) is 3.73. The Bertz CT molecular complexity index is 754. The molecule has 1 N–H and O–H groups in total. The molecule has 0 bridgehead atoms. The van der Waals surface area contributed by atoms with Gasteiger partial charge in [-0.2, -0.15) is 4.72 Å². The zero-order chi connectivity index (χ0) is 15.9. The molecule has 1 heterocycles. The molecule has 21 heavy (non-hydrogen) atoms. The first kappa shape index (κ1) is 16.3. The lowest BCUT2D eigenvalue weighted by molar-refractivity contribution is -0.0504. The molecule has 0 saturated carbocycles. The van der Waals surface area contributed by atoms with Gasteiger partial charge in [-0.15, -0.1) is 0 Å². The normalized spacial score (nSPS) is 18.2. The summed E-state index contributed by atoms with van der Waals surface area (Å²) in [5.41, 5.74) is -0.645. The minimum atomic E-state index is -4.17. The van der Waals surface area contributed by atoms with E-state index in [2.05, 4.69) is 4.72 Å². The molecule has 0 spiro atoms. The summed E-state index contributed by atoms with van der Waals surface area (Å²) in [4.78, 5) is -0.507. The van der Waals surface area contributed by atoms with Crippen molar-refractivity contribution in [2.45, 2.75) is 17.4 Å². The van der Waals surface area contributed by atoms with Gasteiger partial charge in [-0.3, -0.25) is 0 Å².